The summed E-state index contributed by atoms with van der Waals surface area (Å²) in [5, 5.41) is 0. The van der Waals surface area contributed by atoms with Crippen LogP contribution in [0.1, 0.15) is 20.7 Å². The molecule has 41 heavy (non-hydrogen) atoms. The van der Waals surface area contributed by atoms with Crippen molar-refractivity contribution in [3.8, 4) is 11.5 Å². The molecule has 0 heterocycles. The lowest BCUT2D eigenvalue weighted by Gasteiger charge is -2.14. The SMILES string of the molecule is C=CC(=O)OCCOC(=O)c1ccc(Oc2ccc(C(=O)OCCOC(=O)C=C)cc2S(=O)(=O)O)c(S(=O)(=O)O)c1. The third-order valence-electron chi connectivity index (χ3n) is 4.59. The number of hydrogen-bond acceptors (Lipinski definition) is 13. The quantitative estimate of drug-likeness (QED) is 0.102. The van der Waals surface area contributed by atoms with E-state index in [9.17, 15) is 45.1 Å². The molecule has 0 aliphatic carbocycles. The Morgan fingerprint density at radius 2 is 0.976 bits per heavy atom. The van der Waals surface area contributed by atoms with Gasteiger partial charge in [0.25, 0.3) is 20.2 Å². The highest BCUT2D eigenvalue weighted by molar-refractivity contribution is 7.86. The van der Waals surface area contributed by atoms with E-state index in [0.717, 1.165) is 36.4 Å². The van der Waals surface area contributed by atoms with Gasteiger partial charge in [0.05, 0.1) is 11.1 Å². The average molecular weight is 615 g/mol. The highest BCUT2D eigenvalue weighted by Crippen LogP contribution is 2.34. The predicted octanol–water partition coefficient (Wildman–Crippen LogP) is 1.74. The van der Waals surface area contributed by atoms with Gasteiger partial charge in [-0.25, -0.2) is 19.2 Å². The molecule has 0 aromatic heterocycles. The molecule has 2 N–H and O–H groups in total. The van der Waals surface area contributed by atoms with Crippen molar-refractivity contribution in [2.75, 3.05) is 26.4 Å². The molecule has 17 heteroatoms. The van der Waals surface area contributed by atoms with E-state index in [0.29, 0.717) is 12.1 Å². The number of ether oxygens (including phenoxy) is 5. The first-order valence-electron chi connectivity index (χ1n) is 11.0. The summed E-state index contributed by atoms with van der Waals surface area (Å²) in [6, 6.07) is 5.14. The van der Waals surface area contributed by atoms with Crippen LogP contribution in [0.5, 0.6) is 11.5 Å². The largest absolute Gasteiger partial charge is 0.459 e. The van der Waals surface area contributed by atoms with Crippen molar-refractivity contribution < 1.29 is 68.8 Å². The minimum absolute atomic E-state index is 0.326. The van der Waals surface area contributed by atoms with Crippen molar-refractivity contribution in [1.82, 2.24) is 0 Å². The molecule has 2 rings (SSSR count). The zero-order chi connectivity index (χ0) is 30.8. The van der Waals surface area contributed by atoms with E-state index in [1.54, 1.807) is 0 Å². The van der Waals surface area contributed by atoms with Crippen LogP contribution < -0.4 is 4.74 Å². The van der Waals surface area contributed by atoms with Gasteiger partial charge in [0, 0.05) is 12.2 Å². The Hall–Kier alpha value is -4.58. The highest BCUT2D eigenvalue weighted by atomic mass is 32.2. The van der Waals surface area contributed by atoms with E-state index in [2.05, 4.69) is 22.6 Å². The molecule has 220 valence electrons. The summed E-state index contributed by atoms with van der Waals surface area (Å²) in [6.07, 6.45) is 1.77. The van der Waals surface area contributed by atoms with E-state index < -0.39 is 78.6 Å². The normalized spacial score (nSPS) is 11.1. The maximum absolute atomic E-state index is 12.3. The molecule has 0 saturated carbocycles. The van der Waals surface area contributed by atoms with Crippen LogP contribution in [0.4, 0.5) is 0 Å². The van der Waals surface area contributed by atoms with Crippen LogP contribution in [-0.4, -0.2) is 76.2 Å². The molecule has 15 nitrogen and oxygen atoms in total. The zero-order valence-corrected chi connectivity index (χ0v) is 22.5. The van der Waals surface area contributed by atoms with Gasteiger partial charge in [-0.1, -0.05) is 13.2 Å². The van der Waals surface area contributed by atoms with Gasteiger partial charge >= 0.3 is 23.9 Å². The number of benzene rings is 2. The molecule has 0 fully saturated rings. The first kappa shape index (κ1) is 32.6. The molecule has 0 atom stereocenters. The van der Waals surface area contributed by atoms with Gasteiger partial charge in [-0.05, 0) is 36.4 Å². The summed E-state index contributed by atoms with van der Waals surface area (Å²) in [6.45, 7) is 4.92. The summed E-state index contributed by atoms with van der Waals surface area (Å²) in [4.78, 5) is 44.6. The summed E-state index contributed by atoms with van der Waals surface area (Å²) < 4.78 is 91.6. The summed E-state index contributed by atoms with van der Waals surface area (Å²) in [5.74, 6) is -5.02. The first-order chi connectivity index (χ1) is 19.2. The van der Waals surface area contributed by atoms with E-state index in [1.165, 1.54) is 0 Å². The van der Waals surface area contributed by atoms with Crippen LogP contribution >= 0.6 is 0 Å². The number of carbonyl (C=O) groups is 4. The van der Waals surface area contributed by atoms with Gasteiger partial charge < -0.3 is 23.7 Å². The lowest BCUT2D eigenvalue weighted by Crippen LogP contribution is -2.14. The van der Waals surface area contributed by atoms with Crippen molar-refractivity contribution in [3.05, 3.63) is 72.8 Å². The maximum atomic E-state index is 12.3. The molecule has 0 aliphatic rings. The molecule has 2 aromatic carbocycles. The van der Waals surface area contributed by atoms with E-state index in [-0.39, 0.29) is 24.3 Å². The molecule has 0 amide bonds. The highest BCUT2D eigenvalue weighted by Gasteiger charge is 2.25. The summed E-state index contributed by atoms with van der Waals surface area (Å²) in [7, 11) is -10.2. The molecule has 0 aliphatic heterocycles. The van der Waals surface area contributed by atoms with Gasteiger partial charge in [-0.2, -0.15) is 16.8 Å². The standard InChI is InChI=1S/C24H22O15S2/c1-3-21(25)35-9-11-37-23(27)15-5-7-17(19(13-15)40(29,30)31)39-18-8-6-16(14-20(18)41(32,33)34)24(28)38-12-10-36-22(26)4-2/h3-8,13-14H,1-2,9-12H2,(H,29,30,31)(H,32,33,34). The monoisotopic (exact) mass is 614 g/mol. The lowest BCUT2D eigenvalue weighted by atomic mass is 10.2. The minimum Gasteiger partial charge on any atom is -0.459 e. The third-order valence-corrected chi connectivity index (χ3v) is 6.34. The van der Waals surface area contributed by atoms with Gasteiger partial charge in [0.15, 0.2) is 0 Å². The minimum atomic E-state index is -5.08. The number of carbonyl (C=O) groups excluding carboxylic acids is 4. The average Bonchev–Trinajstić information content (AvgIpc) is 2.91. The van der Waals surface area contributed by atoms with Crippen molar-refractivity contribution in [2.24, 2.45) is 0 Å². The second-order valence-electron chi connectivity index (χ2n) is 7.39. The van der Waals surface area contributed by atoms with Crippen LogP contribution in [0.25, 0.3) is 0 Å². The van der Waals surface area contributed by atoms with Crippen LogP contribution in [0, 0.1) is 0 Å². The van der Waals surface area contributed by atoms with E-state index >= 15 is 0 Å². The van der Waals surface area contributed by atoms with Crippen molar-refractivity contribution in [3.63, 3.8) is 0 Å². The predicted molar refractivity (Wildman–Crippen MR) is 135 cm³/mol. The molecule has 0 unspecified atom stereocenters. The Bertz CT molecular complexity index is 1460. The smallest absolute Gasteiger partial charge is 0.338 e. The van der Waals surface area contributed by atoms with Crippen LogP contribution in [-0.2, 0) is 48.8 Å². The molecule has 0 spiro atoms. The second kappa shape index (κ2) is 14.2. The molecular weight excluding hydrogens is 592 g/mol. The van der Waals surface area contributed by atoms with Crippen molar-refractivity contribution in [1.29, 1.82) is 0 Å². The van der Waals surface area contributed by atoms with Gasteiger partial charge in [-0.15, -0.1) is 0 Å². The fourth-order valence-corrected chi connectivity index (χ4v) is 4.08. The van der Waals surface area contributed by atoms with Crippen molar-refractivity contribution >= 4 is 44.1 Å². The van der Waals surface area contributed by atoms with Crippen LogP contribution in [0.15, 0.2) is 71.5 Å². The van der Waals surface area contributed by atoms with Gasteiger partial charge in [0.2, 0.25) is 0 Å². The molecule has 0 saturated heterocycles. The first-order valence-corrected chi connectivity index (χ1v) is 13.9. The Morgan fingerprint density at radius 1 is 0.634 bits per heavy atom. The van der Waals surface area contributed by atoms with Crippen LogP contribution in [0.3, 0.4) is 0 Å². The van der Waals surface area contributed by atoms with Gasteiger partial charge in [-0.3, -0.25) is 9.11 Å². The Morgan fingerprint density at radius 3 is 1.29 bits per heavy atom. The fourth-order valence-electron chi connectivity index (χ4n) is 2.80. The molecule has 0 radical (unpaired) electrons. The lowest BCUT2D eigenvalue weighted by molar-refractivity contribution is -0.139. The molecule has 0 bridgehead atoms. The molecular formula is C24H22O15S2. The zero-order valence-electron chi connectivity index (χ0n) is 20.9. The van der Waals surface area contributed by atoms with E-state index in [1.807, 2.05) is 0 Å². The molecule has 2 aromatic rings. The Labute approximate surface area is 233 Å². The maximum Gasteiger partial charge on any atom is 0.338 e. The van der Waals surface area contributed by atoms with Gasteiger partial charge in [0.1, 0.15) is 47.7 Å². The number of esters is 4. The van der Waals surface area contributed by atoms with Crippen molar-refractivity contribution in [2.45, 2.75) is 9.79 Å². The summed E-state index contributed by atoms with van der Waals surface area (Å²) in [5.41, 5.74) is -0.765. The third kappa shape index (κ3) is 9.84. The fraction of sp³-hybridized carbons (Fsp3) is 0.167. The van der Waals surface area contributed by atoms with E-state index in [4.69, 9.17) is 14.2 Å². The Balaban J connectivity index is 2.31. The van der Waals surface area contributed by atoms with Crippen LogP contribution in [0.2, 0.25) is 0 Å². The topological polar surface area (TPSA) is 223 Å². The second-order valence-corrected chi connectivity index (χ2v) is 10.2. The number of hydrogen-bond donors (Lipinski definition) is 2. The number of rotatable bonds is 14. The summed E-state index contributed by atoms with van der Waals surface area (Å²) >= 11 is 0. The Kier molecular flexibility index (Phi) is 11.3.